The lowest BCUT2D eigenvalue weighted by Gasteiger charge is -2.25. The quantitative estimate of drug-likeness (QED) is 0.919. The fourth-order valence-corrected chi connectivity index (χ4v) is 4.05. The van der Waals surface area contributed by atoms with Gasteiger partial charge in [0.05, 0.1) is 0 Å². The molecule has 0 aromatic heterocycles. The third kappa shape index (κ3) is 3.04. The summed E-state index contributed by atoms with van der Waals surface area (Å²) in [7, 11) is 0. The Bertz CT molecular complexity index is 440. The van der Waals surface area contributed by atoms with Gasteiger partial charge in [-0.2, -0.15) is 0 Å². The topological polar surface area (TPSA) is 15.3 Å². The van der Waals surface area contributed by atoms with Crippen molar-refractivity contribution in [2.75, 3.05) is 32.7 Å². The number of likely N-dealkylation sites (tertiary alicyclic amines) is 1. The van der Waals surface area contributed by atoms with Crippen molar-refractivity contribution in [2.45, 2.75) is 25.7 Å². The molecular formula is C16H23BrN2. The van der Waals surface area contributed by atoms with E-state index < -0.39 is 0 Å². The molecule has 1 N–H and O–H groups in total. The van der Waals surface area contributed by atoms with Crippen LogP contribution in [0.2, 0.25) is 0 Å². The van der Waals surface area contributed by atoms with Gasteiger partial charge in [-0.25, -0.2) is 0 Å². The van der Waals surface area contributed by atoms with E-state index in [9.17, 15) is 0 Å². The van der Waals surface area contributed by atoms with Crippen LogP contribution in [0.3, 0.4) is 0 Å². The van der Waals surface area contributed by atoms with Crippen molar-refractivity contribution >= 4 is 15.9 Å². The van der Waals surface area contributed by atoms with E-state index in [1.54, 1.807) is 0 Å². The highest BCUT2D eigenvalue weighted by Gasteiger charge is 2.40. The van der Waals surface area contributed by atoms with Crippen molar-refractivity contribution in [1.29, 1.82) is 0 Å². The van der Waals surface area contributed by atoms with E-state index in [1.165, 1.54) is 55.6 Å². The molecule has 2 saturated heterocycles. The van der Waals surface area contributed by atoms with E-state index in [-0.39, 0.29) is 0 Å². The maximum atomic E-state index is 3.57. The predicted octanol–water partition coefficient (Wildman–Crippen LogP) is 3.24. The zero-order chi connectivity index (χ0) is 13.3. The molecule has 0 amide bonds. The summed E-state index contributed by atoms with van der Waals surface area (Å²) in [4.78, 5) is 2.67. The molecule has 3 heteroatoms. The second-order valence-electron chi connectivity index (χ2n) is 6.37. The van der Waals surface area contributed by atoms with Crippen molar-refractivity contribution in [3.8, 4) is 0 Å². The summed E-state index contributed by atoms with van der Waals surface area (Å²) in [5.74, 6) is 0.613. The first kappa shape index (κ1) is 13.6. The van der Waals surface area contributed by atoms with Crippen LogP contribution in [-0.4, -0.2) is 37.6 Å². The van der Waals surface area contributed by atoms with Gasteiger partial charge >= 0.3 is 0 Å². The van der Waals surface area contributed by atoms with E-state index >= 15 is 0 Å². The standard InChI is InChI=1S/C16H23BrN2/c1-13(14-3-2-4-15(17)9-14)10-19-8-6-16(12-19)5-7-18-11-16/h2-4,9,13,18H,5-8,10-12H2,1H3. The molecule has 1 aromatic carbocycles. The monoisotopic (exact) mass is 322 g/mol. The molecule has 0 bridgehead atoms. The fraction of sp³-hybridized carbons (Fsp3) is 0.625. The minimum Gasteiger partial charge on any atom is -0.316 e. The van der Waals surface area contributed by atoms with Crippen LogP contribution < -0.4 is 5.32 Å². The van der Waals surface area contributed by atoms with E-state index in [0.29, 0.717) is 11.3 Å². The zero-order valence-electron chi connectivity index (χ0n) is 11.7. The first-order valence-corrected chi connectivity index (χ1v) is 8.15. The average Bonchev–Trinajstić information content (AvgIpc) is 3.00. The molecule has 0 saturated carbocycles. The Morgan fingerprint density at radius 3 is 3.05 bits per heavy atom. The summed E-state index contributed by atoms with van der Waals surface area (Å²) < 4.78 is 1.19. The highest BCUT2D eigenvalue weighted by molar-refractivity contribution is 9.10. The summed E-state index contributed by atoms with van der Waals surface area (Å²) in [5, 5.41) is 3.54. The first-order valence-electron chi connectivity index (χ1n) is 7.35. The molecule has 0 radical (unpaired) electrons. The van der Waals surface area contributed by atoms with Crippen molar-refractivity contribution < 1.29 is 0 Å². The van der Waals surface area contributed by atoms with Crippen LogP contribution in [0.1, 0.15) is 31.2 Å². The summed E-state index contributed by atoms with van der Waals surface area (Å²) in [6.07, 6.45) is 2.75. The van der Waals surface area contributed by atoms with Gasteiger partial charge in [0, 0.05) is 24.1 Å². The molecule has 2 aliphatic heterocycles. The molecule has 2 unspecified atom stereocenters. The predicted molar refractivity (Wildman–Crippen MR) is 83.5 cm³/mol. The number of hydrogen-bond donors (Lipinski definition) is 1. The van der Waals surface area contributed by atoms with Crippen LogP contribution >= 0.6 is 15.9 Å². The highest BCUT2D eigenvalue weighted by Crippen LogP contribution is 2.36. The summed E-state index contributed by atoms with van der Waals surface area (Å²) in [5.41, 5.74) is 2.04. The Kier molecular flexibility index (Phi) is 3.97. The van der Waals surface area contributed by atoms with Gasteiger partial charge in [0.2, 0.25) is 0 Å². The second-order valence-corrected chi connectivity index (χ2v) is 7.28. The average molecular weight is 323 g/mol. The number of nitrogens with one attached hydrogen (secondary N) is 1. The molecule has 104 valence electrons. The lowest BCUT2D eigenvalue weighted by molar-refractivity contribution is 0.265. The first-order chi connectivity index (χ1) is 9.17. The molecule has 19 heavy (non-hydrogen) atoms. The normalized spacial score (nSPS) is 29.2. The number of benzene rings is 1. The zero-order valence-corrected chi connectivity index (χ0v) is 13.2. The van der Waals surface area contributed by atoms with Gasteiger partial charge in [-0.1, -0.05) is 35.0 Å². The van der Waals surface area contributed by atoms with Crippen molar-refractivity contribution in [1.82, 2.24) is 10.2 Å². The van der Waals surface area contributed by atoms with Crippen LogP contribution in [0.5, 0.6) is 0 Å². The summed E-state index contributed by atoms with van der Waals surface area (Å²) >= 11 is 3.57. The molecular weight excluding hydrogens is 300 g/mol. The Labute approximate surface area is 124 Å². The third-order valence-electron chi connectivity index (χ3n) is 4.80. The molecule has 2 heterocycles. The molecule has 2 aliphatic rings. The van der Waals surface area contributed by atoms with Crippen molar-refractivity contribution in [3.05, 3.63) is 34.3 Å². The summed E-state index contributed by atoms with van der Waals surface area (Å²) in [6, 6.07) is 8.75. The molecule has 3 rings (SSSR count). The van der Waals surface area contributed by atoms with Gasteiger partial charge in [0.25, 0.3) is 0 Å². The Morgan fingerprint density at radius 1 is 1.42 bits per heavy atom. The second kappa shape index (κ2) is 5.55. The lowest BCUT2D eigenvalue weighted by atomic mass is 9.86. The van der Waals surface area contributed by atoms with Crippen LogP contribution in [0.25, 0.3) is 0 Å². The Morgan fingerprint density at radius 2 is 2.32 bits per heavy atom. The minimum absolute atomic E-state index is 0.594. The number of nitrogens with zero attached hydrogens (tertiary/aromatic N) is 1. The third-order valence-corrected chi connectivity index (χ3v) is 5.29. The molecule has 2 fully saturated rings. The molecule has 2 nitrogen and oxygen atoms in total. The van der Waals surface area contributed by atoms with Gasteiger partial charge in [0.1, 0.15) is 0 Å². The maximum absolute atomic E-state index is 3.57. The molecule has 1 spiro atoms. The van der Waals surface area contributed by atoms with E-state index in [2.05, 4.69) is 57.3 Å². The summed E-state index contributed by atoms with van der Waals surface area (Å²) in [6.45, 7) is 8.56. The van der Waals surface area contributed by atoms with E-state index in [4.69, 9.17) is 0 Å². The number of rotatable bonds is 3. The van der Waals surface area contributed by atoms with E-state index in [1.807, 2.05) is 0 Å². The van der Waals surface area contributed by atoms with Gasteiger partial charge in [-0.3, -0.25) is 0 Å². The largest absolute Gasteiger partial charge is 0.316 e. The lowest BCUT2D eigenvalue weighted by Crippen LogP contribution is -2.31. The van der Waals surface area contributed by atoms with Crippen LogP contribution in [-0.2, 0) is 0 Å². The molecule has 0 aliphatic carbocycles. The van der Waals surface area contributed by atoms with Gasteiger partial charge in [-0.15, -0.1) is 0 Å². The van der Waals surface area contributed by atoms with Crippen molar-refractivity contribution in [3.63, 3.8) is 0 Å². The maximum Gasteiger partial charge on any atom is 0.0178 e. The highest BCUT2D eigenvalue weighted by atomic mass is 79.9. The molecule has 2 atom stereocenters. The van der Waals surface area contributed by atoms with Gasteiger partial charge in [-0.05, 0) is 55.0 Å². The molecule has 1 aromatic rings. The Balaban J connectivity index is 1.60. The van der Waals surface area contributed by atoms with Gasteiger partial charge in [0.15, 0.2) is 0 Å². The van der Waals surface area contributed by atoms with E-state index in [0.717, 1.165) is 0 Å². The van der Waals surface area contributed by atoms with Crippen LogP contribution in [0.4, 0.5) is 0 Å². The van der Waals surface area contributed by atoms with Crippen molar-refractivity contribution in [2.24, 2.45) is 5.41 Å². The van der Waals surface area contributed by atoms with Crippen LogP contribution in [0.15, 0.2) is 28.7 Å². The number of halogens is 1. The fourth-order valence-electron chi connectivity index (χ4n) is 3.63. The van der Waals surface area contributed by atoms with Gasteiger partial charge < -0.3 is 10.2 Å². The Hall–Kier alpha value is -0.380. The number of hydrogen-bond acceptors (Lipinski definition) is 2. The minimum atomic E-state index is 0.594. The smallest absolute Gasteiger partial charge is 0.0178 e. The SMILES string of the molecule is CC(CN1CCC2(CCNC2)C1)c1cccc(Br)c1. The van der Waals surface area contributed by atoms with Crippen LogP contribution in [0, 0.1) is 5.41 Å².